The Bertz CT molecular complexity index is 400. The SMILES string of the molecule is CCCCNc1ccccc1.Oc1ccccc1. The molecule has 0 amide bonds. The average Bonchev–Trinajstić information content (AvgIpc) is 2.42. The molecule has 2 nitrogen and oxygen atoms in total. The van der Waals surface area contributed by atoms with Crippen LogP contribution in [0.25, 0.3) is 0 Å². The average molecular weight is 243 g/mol. The van der Waals surface area contributed by atoms with Crippen LogP contribution in [-0.2, 0) is 0 Å². The van der Waals surface area contributed by atoms with E-state index >= 15 is 0 Å². The molecule has 0 saturated carbocycles. The van der Waals surface area contributed by atoms with E-state index in [2.05, 4.69) is 24.4 Å². The predicted molar refractivity (Wildman–Crippen MR) is 77.9 cm³/mol. The third-order valence-electron chi connectivity index (χ3n) is 2.39. The maximum atomic E-state index is 8.63. The molecule has 0 aromatic heterocycles. The molecule has 0 spiro atoms. The number of hydrogen-bond acceptors (Lipinski definition) is 2. The molecule has 0 radical (unpaired) electrons. The van der Waals surface area contributed by atoms with Crippen LogP contribution in [0.1, 0.15) is 19.8 Å². The third kappa shape index (κ3) is 6.59. The minimum Gasteiger partial charge on any atom is -0.508 e. The highest BCUT2D eigenvalue weighted by molar-refractivity contribution is 5.42. The van der Waals surface area contributed by atoms with Gasteiger partial charge in [-0.3, -0.25) is 0 Å². The van der Waals surface area contributed by atoms with Crippen molar-refractivity contribution in [3.63, 3.8) is 0 Å². The van der Waals surface area contributed by atoms with Crippen LogP contribution >= 0.6 is 0 Å². The van der Waals surface area contributed by atoms with Gasteiger partial charge < -0.3 is 10.4 Å². The van der Waals surface area contributed by atoms with Crippen molar-refractivity contribution in [1.29, 1.82) is 0 Å². The van der Waals surface area contributed by atoms with E-state index in [1.807, 2.05) is 24.3 Å². The van der Waals surface area contributed by atoms with Crippen LogP contribution in [0.3, 0.4) is 0 Å². The number of phenolic OH excluding ortho intramolecular Hbond substituents is 1. The molecule has 0 atom stereocenters. The van der Waals surface area contributed by atoms with E-state index in [0.29, 0.717) is 5.75 Å². The van der Waals surface area contributed by atoms with Crippen molar-refractivity contribution in [2.45, 2.75) is 19.8 Å². The van der Waals surface area contributed by atoms with Gasteiger partial charge in [-0.05, 0) is 30.7 Å². The van der Waals surface area contributed by atoms with Crippen LogP contribution in [0, 0.1) is 0 Å². The molecule has 2 rings (SSSR count). The van der Waals surface area contributed by atoms with E-state index in [4.69, 9.17) is 5.11 Å². The summed E-state index contributed by atoms with van der Waals surface area (Å²) in [6.07, 6.45) is 2.49. The monoisotopic (exact) mass is 243 g/mol. The summed E-state index contributed by atoms with van der Waals surface area (Å²) >= 11 is 0. The lowest BCUT2D eigenvalue weighted by atomic mass is 10.3. The molecule has 2 aromatic rings. The maximum absolute atomic E-state index is 8.63. The number of aromatic hydroxyl groups is 1. The van der Waals surface area contributed by atoms with Gasteiger partial charge in [-0.15, -0.1) is 0 Å². The first-order valence-corrected chi connectivity index (χ1v) is 6.36. The number of rotatable bonds is 4. The fourth-order valence-electron chi connectivity index (χ4n) is 1.39. The zero-order valence-corrected chi connectivity index (χ0v) is 10.8. The van der Waals surface area contributed by atoms with Crippen molar-refractivity contribution in [2.24, 2.45) is 0 Å². The van der Waals surface area contributed by atoms with Crippen LogP contribution in [0.5, 0.6) is 5.75 Å². The zero-order chi connectivity index (χ0) is 13.1. The Labute approximate surface area is 109 Å². The number of nitrogens with one attached hydrogen (secondary N) is 1. The summed E-state index contributed by atoms with van der Waals surface area (Å²) in [5.74, 6) is 0.322. The first-order valence-electron chi connectivity index (χ1n) is 6.36. The molecular weight excluding hydrogens is 222 g/mol. The molecule has 2 heteroatoms. The van der Waals surface area contributed by atoms with Gasteiger partial charge in [0.25, 0.3) is 0 Å². The van der Waals surface area contributed by atoms with Crippen LogP contribution in [0.2, 0.25) is 0 Å². The highest BCUT2D eigenvalue weighted by atomic mass is 16.3. The fraction of sp³-hybridized carbons (Fsp3) is 0.250. The quantitative estimate of drug-likeness (QED) is 0.785. The molecule has 2 N–H and O–H groups in total. The Morgan fingerprint density at radius 3 is 1.89 bits per heavy atom. The number of benzene rings is 2. The van der Waals surface area contributed by atoms with E-state index in [1.54, 1.807) is 24.3 Å². The first kappa shape index (κ1) is 14.1. The molecule has 0 aliphatic carbocycles. The molecule has 0 fully saturated rings. The van der Waals surface area contributed by atoms with E-state index < -0.39 is 0 Å². The second-order valence-corrected chi connectivity index (χ2v) is 3.98. The number of anilines is 1. The highest BCUT2D eigenvalue weighted by Gasteiger charge is 1.86. The molecule has 0 aliphatic heterocycles. The lowest BCUT2D eigenvalue weighted by Gasteiger charge is -2.03. The van der Waals surface area contributed by atoms with Crippen molar-refractivity contribution >= 4 is 5.69 Å². The van der Waals surface area contributed by atoms with Crippen LogP contribution in [-0.4, -0.2) is 11.7 Å². The van der Waals surface area contributed by atoms with Crippen molar-refractivity contribution in [3.05, 3.63) is 60.7 Å². The molecule has 2 aromatic carbocycles. The normalized spacial score (nSPS) is 9.17. The standard InChI is InChI=1S/C10H15N.C6H6O/c1-2-3-9-11-10-7-5-4-6-8-10;7-6-4-2-1-3-5-6/h4-8,11H,2-3,9H2,1H3;1-5,7H. The van der Waals surface area contributed by atoms with Gasteiger partial charge in [-0.2, -0.15) is 0 Å². The Hall–Kier alpha value is -1.96. The Morgan fingerprint density at radius 1 is 0.889 bits per heavy atom. The summed E-state index contributed by atoms with van der Waals surface area (Å²) in [6.45, 7) is 3.28. The van der Waals surface area contributed by atoms with Gasteiger partial charge in [0, 0.05) is 12.2 Å². The van der Waals surface area contributed by atoms with Gasteiger partial charge in [0.15, 0.2) is 0 Å². The highest BCUT2D eigenvalue weighted by Crippen LogP contribution is 2.04. The van der Waals surface area contributed by atoms with Crippen molar-refractivity contribution in [1.82, 2.24) is 0 Å². The zero-order valence-electron chi connectivity index (χ0n) is 10.8. The molecule has 18 heavy (non-hydrogen) atoms. The largest absolute Gasteiger partial charge is 0.508 e. The van der Waals surface area contributed by atoms with E-state index in [1.165, 1.54) is 18.5 Å². The first-order chi connectivity index (χ1) is 8.83. The predicted octanol–water partition coefficient (Wildman–Crippen LogP) is 4.29. The fourth-order valence-corrected chi connectivity index (χ4v) is 1.39. The second kappa shape index (κ2) is 9.11. The van der Waals surface area contributed by atoms with E-state index in [9.17, 15) is 0 Å². The number of phenols is 1. The van der Waals surface area contributed by atoms with Gasteiger partial charge in [-0.1, -0.05) is 49.7 Å². The van der Waals surface area contributed by atoms with Crippen LogP contribution in [0.15, 0.2) is 60.7 Å². The molecule has 0 aliphatic rings. The van der Waals surface area contributed by atoms with Crippen LogP contribution in [0.4, 0.5) is 5.69 Å². The number of unbranched alkanes of at least 4 members (excludes halogenated alkanes) is 1. The van der Waals surface area contributed by atoms with Crippen LogP contribution < -0.4 is 5.32 Å². The van der Waals surface area contributed by atoms with E-state index in [0.717, 1.165) is 6.54 Å². The Balaban J connectivity index is 0.000000199. The summed E-state index contributed by atoms with van der Waals surface area (Å²) < 4.78 is 0. The van der Waals surface area contributed by atoms with Gasteiger partial charge in [-0.25, -0.2) is 0 Å². The molecule has 0 bridgehead atoms. The topological polar surface area (TPSA) is 32.3 Å². The van der Waals surface area contributed by atoms with Crippen molar-refractivity contribution in [3.8, 4) is 5.75 Å². The third-order valence-corrected chi connectivity index (χ3v) is 2.39. The van der Waals surface area contributed by atoms with E-state index in [-0.39, 0.29) is 0 Å². The Morgan fingerprint density at radius 2 is 1.44 bits per heavy atom. The summed E-state index contributed by atoms with van der Waals surface area (Å²) in [7, 11) is 0. The van der Waals surface area contributed by atoms with Gasteiger partial charge in [0.05, 0.1) is 0 Å². The smallest absolute Gasteiger partial charge is 0.115 e. The lowest BCUT2D eigenvalue weighted by Crippen LogP contribution is -1.99. The molecule has 0 saturated heterocycles. The second-order valence-electron chi connectivity index (χ2n) is 3.98. The van der Waals surface area contributed by atoms with Gasteiger partial charge in [0.1, 0.15) is 5.75 Å². The summed E-state index contributed by atoms with van der Waals surface area (Å²) in [5, 5.41) is 12.0. The lowest BCUT2D eigenvalue weighted by molar-refractivity contribution is 0.475. The minimum atomic E-state index is 0.322. The Kier molecular flexibility index (Phi) is 7.14. The summed E-state index contributed by atoms with van der Waals surface area (Å²) in [5.41, 5.74) is 1.22. The molecule has 0 unspecified atom stereocenters. The van der Waals surface area contributed by atoms with Gasteiger partial charge in [0.2, 0.25) is 0 Å². The van der Waals surface area contributed by atoms with Crippen molar-refractivity contribution in [2.75, 3.05) is 11.9 Å². The number of para-hydroxylation sites is 2. The molecule has 96 valence electrons. The molecular formula is C16H21NO. The molecule has 0 heterocycles. The summed E-state index contributed by atoms with van der Waals surface area (Å²) in [4.78, 5) is 0. The minimum absolute atomic E-state index is 0.322. The van der Waals surface area contributed by atoms with Gasteiger partial charge >= 0.3 is 0 Å². The number of hydrogen-bond donors (Lipinski definition) is 2. The summed E-state index contributed by atoms with van der Waals surface area (Å²) in [6, 6.07) is 19.0. The maximum Gasteiger partial charge on any atom is 0.115 e. The van der Waals surface area contributed by atoms with Crippen molar-refractivity contribution < 1.29 is 5.11 Å².